The maximum atomic E-state index is 13.6. The number of ether oxygens (including phenoxy) is 1. The standard InChI is InChI=1S/C27H30FN3O2/c1-27(2,3)33-26(32)31-21-8-9-22(31)15-19(14-21)24-16-23(17-10-12-29-13-11-17)25(30-24)18-4-6-20(28)7-5-18/h4-7,10-13,16,19,21-22,30H,8-9,14-15H2,1-3H3. The first-order valence-corrected chi connectivity index (χ1v) is 11.7. The highest BCUT2D eigenvalue weighted by Crippen LogP contribution is 2.45. The SMILES string of the molecule is CC(C)(C)OC(=O)N1C2CCC1CC(c1cc(-c3ccncc3)c(-c3ccc(F)cc3)[nH]1)C2. The van der Waals surface area contributed by atoms with Crippen LogP contribution in [0.15, 0.2) is 54.9 Å². The van der Waals surface area contributed by atoms with Crippen LogP contribution >= 0.6 is 0 Å². The second kappa shape index (κ2) is 8.32. The van der Waals surface area contributed by atoms with Crippen molar-refractivity contribution in [1.29, 1.82) is 0 Å². The van der Waals surface area contributed by atoms with E-state index in [1.54, 1.807) is 12.4 Å². The maximum Gasteiger partial charge on any atom is 0.410 e. The number of nitrogens with one attached hydrogen (secondary N) is 1. The summed E-state index contributed by atoms with van der Waals surface area (Å²) in [5, 5.41) is 0. The van der Waals surface area contributed by atoms with Gasteiger partial charge in [-0.1, -0.05) is 0 Å². The summed E-state index contributed by atoms with van der Waals surface area (Å²) in [4.78, 5) is 22.6. The first kappa shape index (κ1) is 21.7. The molecular weight excluding hydrogens is 417 g/mol. The zero-order chi connectivity index (χ0) is 23.2. The van der Waals surface area contributed by atoms with Crippen LogP contribution in [0, 0.1) is 5.82 Å². The van der Waals surface area contributed by atoms with Crippen LogP contribution in [-0.2, 0) is 4.74 Å². The monoisotopic (exact) mass is 447 g/mol. The number of hydrogen-bond donors (Lipinski definition) is 1. The summed E-state index contributed by atoms with van der Waals surface area (Å²) in [6.45, 7) is 5.74. The highest BCUT2D eigenvalue weighted by molar-refractivity contribution is 5.82. The molecule has 2 aliphatic heterocycles. The smallest absolute Gasteiger partial charge is 0.410 e. The number of hydrogen-bond acceptors (Lipinski definition) is 3. The molecule has 6 heteroatoms. The highest BCUT2D eigenvalue weighted by atomic mass is 19.1. The van der Waals surface area contributed by atoms with Gasteiger partial charge in [0.2, 0.25) is 0 Å². The first-order chi connectivity index (χ1) is 15.8. The third-order valence-electron chi connectivity index (χ3n) is 6.74. The summed E-state index contributed by atoms with van der Waals surface area (Å²) in [6.07, 6.45) is 7.24. The lowest BCUT2D eigenvalue weighted by atomic mass is 9.88. The molecule has 2 saturated heterocycles. The molecule has 3 aromatic rings. The van der Waals surface area contributed by atoms with Crippen molar-refractivity contribution in [2.45, 2.75) is 70.1 Å². The van der Waals surface area contributed by atoms with Crippen LogP contribution in [-0.4, -0.2) is 38.6 Å². The third-order valence-corrected chi connectivity index (χ3v) is 6.74. The molecule has 0 aliphatic carbocycles. The molecule has 4 heterocycles. The van der Waals surface area contributed by atoms with Gasteiger partial charge >= 0.3 is 6.09 Å². The number of benzene rings is 1. The van der Waals surface area contributed by atoms with E-state index in [4.69, 9.17) is 4.74 Å². The fourth-order valence-corrected chi connectivity index (χ4v) is 5.34. The van der Waals surface area contributed by atoms with Gasteiger partial charge in [0.15, 0.2) is 0 Å². The second-order valence-corrected chi connectivity index (χ2v) is 10.2. The maximum absolute atomic E-state index is 13.6. The molecule has 33 heavy (non-hydrogen) atoms. The van der Waals surface area contributed by atoms with Gasteiger partial charge in [0.1, 0.15) is 11.4 Å². The van der Waals surface area contributed by atoms with Gasteiger partial charge in [0.25, 0.3) is 0 Å². The van der Waals surface area contributed by atoms with Crippen LogP contribution in [0.1, 0.15) is 58.1 Å². The molecule has 2 aliphatic rings. The lowest BCUT2D eigenvalue weighted by Crippen LogP contribution is -2.48. The molecule has 1 aromatic carbocycles. The Morgan fingerprint density at radius 2 is 1.67 bits per heavy atom. The first-order valence-electron chi connectivity index (χ1n) is 11.7. The van der Waals surface area contributed by atoms with E-state index in [0.29, 0.717) is 5.92 Å². The summed E-state index contributed by atoms with van der Waals surface area (Å²) in [5.41, 5.74) is 4.77. The number of nitrogens with zero attached hydrogens (tertiary/aromatic N) is 2. The average Bonchev–Trinajstić information content (AvgIpc) is 3.33. The third kappa shape index (κ3) is 4.39. The van der Waals surface area contributed by atoms with Gasteiger partial charge < -0.3 is 14.6 Å². The Morgan fingerprint density at radius 3 is 2.27 bits per heavy atom. The molecule has 0 spiro atoms. The Balaban J connectivity index is 1.45. The number of fused-ring (bicyclic) bond motifs is 2. The zero-order valence-corrected chi connectivity index (χ0v) is 19.3. The Labute approximate surface area is 194 Å². The number of aromatic nitrogens is 2. The quantitative estimate of drug-likeness (QED) is 0.497. The predicted molar refractivity (Wildman–Crippen MR) is 126 cm³/mol. The summed E-state index contributed by atoms with van der Waals surface area (Å²) in [7, 11) is 0. The Bertz CT molecular complexity index is 1120. The van der Waals surface area contributed by atoms with E-state index in [2.05, 4.69) is 16.0 Å². The summed E-state index contributed by atoms with van der Waals surface area (Å²) < 4.78 is 19.2. The molecule has 1 N–H and O–H groups in total. The number of pyridine rings is 1. The lowest BCUT2D eigenvalue weighted by Gasteiger charge is -2.39. The van der Waals surface area contributed by atoms with Gasteiger partial charge in [-0.05, 0) is 100 Å². The van der Waals surface area contributed by atoms with E-state index >= 15 is 0 Å². The average molecular weight is 448 g/mol. The van der Waals surface area contributed by atoms with Crippen molar-refractivity contribution in [3.05, 3.63) is 66.4 Å². The van der Waals surface area contributed by atoms with Gasteiger partial charge in [0.05, 0.1) is 5.69 Å². The molecule has 0 saturated carbocycles. The van der Waals surface area contributed by atoms with E-state index in [-0.39, 0.29) is 24.0 Å². The minimum atomic E-state index is -0.490. The molecule has 2 unspecified atom stereocenters. The van der Waals surface area contributed by atoms with E-state index in [0.717, 1.165) is 48.1 Å². The molecule has 2 atom stereocenters. The van der Waals surface area contributed by atoms with E-state index in [1.165, 1.54) is 17.8 Å². The predicted octanol–water partition coefficient (Wildman–Crippen LogP) is 6.53. The van der Waals surface area contributed by atoms with Crippen molar-refractivity contribution < 1.29 is 13.9 Å². The van der Waals surface area contributed by atoms with E-state index in [1.807, 2.05) is 49.9 Å². The molecule has 1 amide bonds. The second-order valence-electron chi connectivity index (χ2n) is 10.2. The van der Waals surface area contributed by atoms with Crippen molar-refractivity contribution in [1.82, 2.24) is 14.9 Å². The lowest BCUT2D eigenvalue weighted by molar-refractivity contribution is 0.00571. The number of halogens is 1. The van der Waals surface area contributed by atoms with Crippen LogP contribution < -0.4 is 0 Å². The highest BCUT2D eigenvalue weighted by Gasteiger charge is 2.45. The molecular formula is C27H30FN3O2. The molecule has 172 valence electrons. The van der Waals surface area contributed by atoms with Crippen LogP contribution in [0.3, 0.4) is 0 Å². The van der Waals surface area contributed by atoms with Crippen LogP contribution in [0.5, 0.6) is 0 Å². The zero-order valence-electron chi connectivity index (χ0n) is 19.3. The summed E-state index contributed by atoms with van der Waals surface area (Å²) >= 11 is 0. The van der Waals surface area contributed by atoms with Crippen molar-refractivity contribution >= 4 is 6.09 Å². The minimum Gasteiger partial charge on any atom is -0.444 e. The molecule has 5 rings (SSSR count). The van der Waals surface area contributed by atoms with Crippen molar-refractivity contribution in [2.75, 3.05) is 0 Å². The number of carbonyl (C=O) groups excluding carboxylic acids is 1. The number of aromatic amines is 1. The number of H-pyrrole nitrogens is 1. The van der Waals surface area contributed by atoms with E-state index in [9.17, 15) is 9.18 Å². The minimum absolute atomic E-state index is 0.190. The molecule has 2 fully saturated rings. The summed E-state index contributed by atoms with van der Waals surface area (Å²) in [6, 6.07) is 13.2. The largest absolute Gasteiger partial charge is 0.444 e. The number of carbonyl (C=O) groups is 1. The topological polar surface area (TPSA) is 58.2 Å². The fourth-order valence-electron chi connectivity index (χ4n) is 5.34. The molecule has 2 aromatic heterocycles. The van der Waals surface area contributed by atoms with Gasteiger partial charge in [-0.15, -0.1) is 0 Å². The normalized spacial score (nSPS) is 22.4. The number of amides is 1. The fraction of sp³-hybridized carbons (Fsp3) is 0.407. The van der Waals surface area contributed by atoms with Crippen molar-refractivity contribution in [3.8, 4) is 22.4 Å². The number of piperidine rings is 1. The number of rotatable bonds is 3. The Hall–Kier alpha value is -3.15. The molecule has 0 radical (unpaired) electrons. The Kier molecular flexibility index (Phi) is 5.47. The Morgan fingerprint density at radius 1 is 1.03 bits per heavy atom. The van der Waals surface area contributed by atoms with Gasteiger partial charge in [0, 0.05) is 41.7 Å². The van der Waals surface area contributed by atoms with Gasteiger partial charge in [-0.25, -0.2) is 9.18 Å². The summed E-state index contributed by atoms with van der Waals surface area (Å²) in [5.74, 6) is 0.0815. The van der Waals surface area contributed by atoms with Gasteiger partial charge in [-0.2, -0.15) is 0 Å². The van der Waals surface area contributed by atoms with Crippen LogP contribution in [0.4, 0.5) is 9.18 Å². The van der Waals surface area contributed by atoms with Crippen molar-refractivity contribution in [2.24, 2.45) is 0 Å². The van der Waals surface area contributed by atoms with Crippen LogP contribution in [0.25, 0.3) is 22.4 Å². The van der Waals surface area contributed by atoms with Gasteiger partial charge in [-0.3, -0.25) is 4.98 Å². The van der Waals surface area contributed by atoms with E-state index < -0.39 is 5.60 Å². The molecule has 2 bridgehead atoms. The van der Waals surface area contributed by atoms with Crippen molar-refractivity contribution in [3.63, 3.8) is 0 Å². The molecule has 5 nitrogen and oxygen atoms in total. The van der Waals surface area contributed by atoms with Crippen LogP contribution in [0.2, 0.25) is 0 Å².